The molecule has 1 aliphatic heterocycles. The largest absolute Gasteiger partial charge is 0.360 e. The number of hydrogen-bond donors (Lipinski definition) is 0. The number of hydrogen-bond acceptors (Lipinski definition) is 5. The molecule has 0 aliphatic carbocycles. The maximum Gasteiger partial charge on any atom is 0.233 e. The molecule has 0 aromatic carbocycles. The number of nitrogens with zero attached hydrogens (tertiary/aromatic N) is 3. The Morgan fingerprint density at radius 3 is 2.82 bits per heavy atom. The van der Waals surface area contributed by atoms with E-state index >= 15 is 0 Å². The Bertz CT molecular complexity index is 626. The SMILES string of the molecule is Cc1cc(N(CCC(=O)N2CCCC(C)C2)S(C)(=O)=O)no1. The zero-order chi connectivity index (χ0) is 16.3. The number of carbonyl (C=O) groups excluding carboxylic acids is 1. The van der Waals surface area contributed by atoms with Gasteiger partial charge in [-0.1, -0.05) is 12.1 Å². The number of piperidine rings is 1. The van der Waals surface area contributed by atoms with Crippen LogP contribution in [0.25, 0.3) is 0 Å². The number of carbonyl (C=O) groups is 1. The van der Waals surface area contributed by atoms with E-state index in [4.69, 9.17) is 4.52 Å². The summed E-state index contributed by atoms with van der Waals surface area (Å²) in [7, 11) is -3.50. The minimum absolute atomic E-state index is 0.0135. The van der Waals surface area contributed by atoms with Crippen LogP contribution in [-0.2, 0) is 14.8 Å². The first-order valence-electron chi connectivity index (χ1n) is 7.46. The van der Waals surface area contributed by atoms with E-state index in [-0.39, 0.29) is 24.7 Å². The molecule has 0 spiro atoms. The van der Waals surface area contributed by atoms with E-state index in [0.29, 0.717) is 11.7 Å². The molecule has 7 nitrogen and oxygen atoms in total. The quantitative estimate of drug-likeness (QED) is 0.815. The minimum atomic E-state index is -3.50. The van der Waals surface area contributed by atoms with Gasteiger partial charge in [-0.05, 0) is 25.7 Å². The summed E-state index contributed by atoms with van der Waals surface area (Å²) in [4.78, 5) is 14.1. The molecular weight excluding hydrogens is 306 g/mol. The van der Waals surface area contributed by atoms with Crippen molar-refractivity contribution < 1.29 is 17.7 Å². The maximum atomic E-state index is 12.3. The van der Waals surface area contributed by atoms with Crippen molar-refractivity contribution in [3.05, 3.63) is 11.8 Å². The smallest absolute Gasteiger partial charge is 0.233 e. The van der Waals surface area contributed by atoms with Gasteiger partial charge in [0.15, 0.2) is 5.82 Å². The van der Waals surface area contributed by atoms with E-state index in [0.717, 1.165) is 36.5 Å². The monoisotopic (exact) mass is 329 g/mol. The Kier molecular flexibility index (Phi) is 5.10. The molecule has 0 bridgehead atoms. The van der Waals surface area contributed by atoms with E-state index in [2.05, 4.69) is 12.1 Å². The number of aromatic nitrogens is 1. The van der Waals surface area contributed by atoms with E-state index in [1.807, 2.05) is 4.90 Å². The van der Waals surface area contributed by atoms with Crippen LogP contribution in [0.1, 0.15) is 31.9 Å². The lowest BCUT2D eigenvalue weighted by Gasteiger charge is -2.31. The molecule has 1 fully saturated rings. The molecule has 1 saturated heterocycles. The van der Waals surface area contributed by atoms with Gasteiger partial charge < -0.3 is 9.42 Å². The maximum absolute atomic E-state index is 12.3. The van der Waals surface area contributed by atoms with Crippen molar-refractivity contribution in [3.63, 3.8) is 0 Å². The second kappa shape index (κ2) is 6.68. The normalized spacial score (nSPS) is 19.2. The fourth-order valence-corrected chi connectivity index (χ4v) is 3.54. The number of anilines is 1. The molecule has 1 aromatic rings. The molecule has 0 N–H and O–H groups in total. The summed E-state index contributed by atoms with van der Waals surface area (Å²) in [5.41, 5.74) is 0. The molecule has 22 heavy (non-hydrogen) atoms. The Morgan fingerprint density at radius 1 is 1.55 bits per heavy atom. The summed E-state index contributed by atoms with van der Waals surface area (Å²) in [5.74, 6) is 1.24. The Labute approximate surface area is 131 Å². The standard InChI is InChI=1S/C14H23N3O4S/c1-11-5-4-7-16(10-11)14(18)6-8-17(22(3,19)20)13-9-12(2)21-15-13/h9,11H,4-8,10H2,1-3H3. The highest BCUT2D eigenvalue weighted by Crippen LogP contribution is 2.19. The number of rotatable bonds is 5. The summed E-state index contributed by atoms with van der Waals surface area (Å²) >= 11 is 0. The zero-order valence-corrected chi connectivity index (χ0v) is 14.1. The summed E-state index contributed by atoms with van der Waals surface area (Å²) in [6.45, 7) is 5.40. The van der Waals surface area contributed by atoms with Crippen LogP contribution in [0.4, 0.5) is 5.82 Å². The van der Waals surface area contributed by atoms with Gasteiger partial charge >= 0.3 is 0 Å². The van der Waals surface area contributed by atoms with Crippen LogP contribution in [0.2, 0.25) is 0 Å². The molecule has 1 aromatic heterocycles. The van der Waals surface area contributed by atoms with Crippen molar-refractivity contribution in [2.45, 2.75) is 33.1 Å². The van der Waals surface area contributed by atoms with Gasteiger partial charge in [0.25, 0.3) is 0 Å². The molecule has 1 unspecified atom stereocenters. The predicted octanol–water partition coefficient (Wildman–Crippen LogP) is 1.40. The van der Waals surface area contributed by atoms with Gasteiger partial charge in [-0.3, -0.25) is 9.10 Å². The van der Waals surface area contributed by atoms with E-state index < -0.39 is 10.0 Å². The molecule has 124 valence electrons. The number of aryl methyl sites for hydroxylation is 1. The van der Waals surface area contributed by atoms with Crippen LogP contribution in [0, 0.1) is 12.8 Å². The van der Waals surface area contributed by atoms with Crippen LogP contribution in [0.5, 0.6) is 0 Å². The van der Waals surface area contributed by atoms with Gasteiger partial charge in [-0.15, -0.1) is 0 Å². The first-order chi connectivity index (χ1) is 10.3. The molecule has 2 rings (SSSR count). The van der Waals surface area contributed by atoms with Gasteiger partial charge in [-0.2, -0.15) is 0 Å². The lowest BCUT2D eigenvalue weighted by Crippen LogP contribution is -2.41. The van der Waals surface area contributed by atoms with Crippen molar-refractivity contribution in [1.82, 2.24) is 10.1 Å². The number of likely N-dealkylation sites (tertiary alicyclic amines) is 1. The third-order valence-corrected chi connectivity index (χ3v) is 4.98. The molecule has 2 heterocycles. The molecule has 0 radical (unpaired) electrons. The Morgan fingerprint density at radius 2 is 2.27 bits per heavy atom. The van der Waals surface area contributed by atoms with Crippen LogP contribution in [-0.4, -0.2) is 50.3 Å². The van der Waals surface area contributed by atoms with Gasteiger partial charge in [0.1, 0.15) is 5.76 Å². The second-order valence-electron chi connectivity index (χ2n) is 5.97. The van der Waals surface area contributed by atoms with Crippen LogP contribution < -0.4 is 4.31 Å². The summed E-state index contributed by atoms with van der Waals surface area (Å²) in [5, 5.41) is 3.73. The Hall–Kier alpha value is -1.57. The molecular formula is C14H23N3O4S. The van der Waals surface area contributed by atoms with E-state index in [9.17, 15) is 13.2 Å². The van der Waals surface area contributed by atoms with Crippen LogP contribution >= 0.6 is 0 Å². The van der Waals surface area contributed by atoms with Gasteiger partial charge in [0.05, 0.1) is 6.26 Å². The first-order valence-corrected chi connectivity index (χ1v) is 9.31. The summed E-state index contributed by atoms with van der Waals surface area (Å²) < 4.78 is 29.8. The molecule has 1 amide bonds. The van der Waals surface area contributed by atoms with Crippen LogP contribution in [0.15, 0.2) is 10.6 Å². The van der Waals surface area contributed by atoms with Gasteiger partial charge in [0.2, 0.25) is 15.9 Å². The summed E-state index contributed by atoms with van der Waals surface area (Å²) in [6.07, 6.45) is 3.39. The van der Waals surface area contributed by atoms with Crippen molar-refractivity contribution in [1.29, 1.82) is 0 Å². The van der Waals surface area contributed by atoms with Crippen molar-refractivity contribution in [3.8, 4) is 0 Å². The molecule has 8 heteroatoms. The number of amides is 1. The third-order valence-electron chi connectivity index (χ3n) is 3.81. The fraction of sp³-hybridized carbons (Fsp3) is 0.714. The minimum Gasteiger partial charge on any atom is -0.360 e. The predicted molar refractivity (Wildman–Crippen MR) is 83.0 cm³/mol. The van der Waals surface area contributed by atoms with Crippen molar-refractivity contribution >= 4 is 21.7 Å². The lowest BCUT2D eigenvalue weighted by molar-refractivity contribution is -0.132. The lowest BCUT2D eigenvalue weighted by atomic mass is 10.00. The number of sulfonamides is 1. The van der Waals surface area contributed by atoms with Crippen molar-refractivity contribution in [2.75, 3.05) is 30.2 Å². The third kappa shape index (κ3) is 4.22. The molecule has 1 aliphatic rings. The topological polar surface area (TPSA) is 83.7 Å². The molecule has 1 atom stereocenters. The highest BCUT2D eigenvalue weighted by molar-refractivity contribution is 7.92. The van der Waals surface area contributed by atoms with Gasteiger partial charge in [0, 0.05) is 32.1 Å². The second-order valence-corrected chi connectivity index (χ2v) is 7.87. The first kappa shape index (κ1) is 16.8. The fourth-order valence-electron chi connectivity index (χ4n) is 2.69. The van der Waals surface area contributed by atoms with Crippen molar-refractivity contribution in [2.24, 2.45) is 5.92 Å². The average molecular weight is 329 g/mol. The zero-order valence-electron chi connectivity index (χ0n) is 13.3. The highest BCUT2D eigenvalue weighted by Gasteiger charge is 2.25. The van der Waals surface area contributed by atoms with Crippen LogP contribution in [0.3, 0.4) is 0 Å². The van der Waals surface area contributed by atoms with E-state index in [1.165, 1.54) is 0 Å². The summed E-state index contributed by atoms with van der Waals surface area (Å²) in [6, 6.07) is 1.55. The molecule has 0 saturated carbocycles. The average Bonchev–Trinajstić information content (AvgIpc) is 2.83. The van der Waals surface area contributed by atoms with Gasteiger partial charge in [-0.25, -0.2) is 8.42 Å². The Balaban J connectivity index is 2.01. The highest BCUT2D eigenvalue weighted by atomic mass is 32.2. The van der Waals surface area contributed by atoms with E-state index in [1.54, 1.807) is 13.0 Å².